The van der Waals surface area contributed by atoms with Gasteiger partial charge in [-0.15, -0.1) is 11.3 Å². The topological polar surface area (TPSA) is 51.2 Å². The van der Waals surface area contributed by atoms with E-state index < -0.39 is 0 Å². The van der Waals surface area contributed by atoms with Crippen LogP contribution in [0.2, 0.25) is 0 Å². The molecule has 22 heavy (non-hydrogen) atoms. The summed E-state index contributed by atoms with van der Waals surface area (Å²) < 4.78 is 5.57. The fourth-order valence-corrected chi connectivity index (χ4v) is 3.01. The molecule has 5 heteroatoms. The van der Waals surface area contributed by atoms with Crippen molar-refractivity contribution < 1.29 is 9.53 Å². The summed E-state index contributed by atoms with van der Waals surface area (Å²) in [4.78, 5) is 16.4. The van der Waals surface area contributed by atoms with E-state index >= 15 is 0 Å². The number of amides is 1. The van der Waals surface area contributed by atoms with Gasteiger partial charge in [0.05, 0.1) is 12.3 Å². The summed E-state index contributed by atoms with van der Waals surface area (Å²) in [7, 11) is 0. The SMILES string of the molecule is CCCOc1ccc(-c2csc(NC(=O)[C@H]3C[C@@H]3C)n2)cc1. The highest BCUT2D eigenvalue weighted by atomic mass is 32.1. The highest BCUT2D eigenvalue weighted by molar-refractivity contribution is 7.14. The van der Waals surface area contributed by atoms with Crippen molar-refractivity contribution >= 4 is 22.4 Å². The van der Waals surface area contributed by atoms with Gasteiger partial charge < -0.3 is 10.1 Å². The first kappa shape index (κ1) is 15.0. The molecule has 0 saturated heterocycles. The zero-order chi connectivity index (χ0) is 15.5. The normalized spacial score (nSPS) is 19.7. The number of aromatic nitrogens is 1. The molecule has 2 atom stereocenters. The number of anilines is 1. The number of carbonyl (C=O) groups excluding carboxylic acids is 1. The van der Waals surface area contributed by atoms with Crippen LogP contribution in [0.5, 0.6) is 5.75 Å². The summed E-state index contributed by atoms with van der Waals surface area (Å²) in [6.07, 6.45) is 1.99. The van der Waals surface area contributed by atoms with Crippen LogP contribution in [0.1, 0.15) is 26.7 Å². The molecule has 2 aromatic rings. The molecule has 0 bridgehead atoms. The number of hydrogen-bond acceptors (Lipinski definition) is 4. The molecule has 1 aromatic carbocycles. The molecular weight excluding hydrogens is 296 g/mol. The van der Waals surface area contributed by atoms with E-state index in [0.29, 0.717) is 11.0 Å². The molecule has 116 valence electrons. The number of ether oxygens (including phenoxy) is 1. The van der Waals surface area contributed by atoms with Gasteiger partial charge in [0.15, 0.2) is 5.13 Å². The average Bonchev–Trinajstić information content (AvgIpc) is 3.08. The van der Waals surface area contributed by atoms with Crippen LogP contribution in [0.15, 0.2) is 29.6 Å². The first-order valence-electron chi connectivity index (χ1n) is 7.67. The Hall–Kier alpha value is -1.88. The molecule has 4 nitrogen and oxygen atoms in total. The number of nitrogens with one attached hydrogen (secondary N) is 1. The van der Waals surface area contributed by atoms with Crippen LogP contribution in [-0.2, 0) is 4.79 Å². The minimum Gasteiger partial charge on any atom is -0.494 e. The van der Waals surface area contributed by atoms with Crippen molar-refractivity contribution in [2.45, 2.75) is 26.7 Å². The van der Waals surface area contributed by atoms with Crippen molar-refractivity contribution in [1.29, 1.82) is 0 Å². The van der Waals surface area contributed by atoms with E-state index in [0.717, 1.165) is 36.5 Å². The number of hydrogen-bond donors (Lipinski definition) is 1. The van der Waals surface area contributed by atoms with Crippen molar-refractivity contribution in [3.05, 3.63) is 29.6 Å². The van der Waals surface area contributed by atoms with Crippen LogP contribution in [-0.4, -0.2) is 17.5 Å². The molecule has 0 aliphatic heterocycles. The minimum absolute atomic E-state index is 0.0942. The molecule has 1 saturated carbocycles. The van der Waals surface area contributed by atoms with Gasteiger partial charge >= 0.3 is 0 Å². The molecule has 1 heterocycles. The van der Waals surface area contributed by atoms with Crippen molar-refractivity contribution in [2.75, 3.05) is 11.9 Å². The van der Waals surface area contributed by atoms with Gasteiger partial charge in [0.2, 0.25) is 5.91 Å². The highest BCUT2D eigenvalue weighted by Crippen LogP contribution is 2.38. The second-order valence-corrected chi connectivity index (χ2v) is 6.58. The zero-order valence-electron chi connectivity index (χ0n) is 12.8. The van der Waals surface area contributed by atoms with Crippen LogP contribution in [0.3, 0.4) is 0 Å². The Morgan fingerprint density at radius 2 is 2.14 bits per heavy atom. The second-order valence-electron chi connectivity index (χ2n) is 5.72. The van der Waals surface area contributed by atoms with Crippen LogP contribution in [0.25, 0.3) is 11.3 Å². The second kappa shape index (κ2) is 6.48. The Morgan fingerprint density at radius 1 is 1.41 bits per heavy atom. The first-order valence-corrected chi connectivity index (χ1v) is 8.55. The van der Waals surface area contributed by atoms with Gasteiger partial charge in [-0.3, -0.25) is 4.79 Å². The fraction of sp³-hybridized carbons (Fsp3) is 0.412. The number of rotatable bonds is 6. The molecular formula is C17H20N2O2S. The van der Waals surface area contributed by atoms with Gasteiger partial charge in [-0.25, -0.2) is 4.98 Å². The molecule has 1 amide bonds. The minimum atomic E-state index is 0.0942. The van der Waals surface area contributed by atoms with Gasteiger partial charge in [-0.2, -0.15) is 0 Å². The van der Waals surface area contributed by atoms with E-state index in [-0.39, 0.29) is 11.8 Å². The Morgan fingerprint density at radius 3 is 2.77 bits per heavy atom. The summed E-state index contributed by atoms with van der Waals surface area (Å²) in [6, 6.07) is 7.90. The largest absolute Gasteiger partial charge is 0.494 e. The third-order valence-corrected chi connectivity index (χ3v) is 4.56. The Kier molecular flexibility index (Phi) is 4.43. The summed E-state index contributed by atoms with van der Waals surface area (Å²) in [5.74, 6) is 1.64. The van der Waals surface area contributed by atoms with E-state index in [4.69, 9.17) is 4.74 Å². The first-order chi connectivity index (χ1) is 10.7. The lowest BCUT2D eigenvalue weighted by atomic mass is 10.2. The smallest absolute Gasteiger partial charge is 0.229 e. The maximum Gasteiger partial charge on any atom is 0.229 e. The van der Waals surface area contributed by atoms with Crippen LogP contribution in [0, 0.1) is 11.8 Å². The standard InChI is InChI=1S/C17H20N2O2S/c1-3-8-21-13-6-4-12(5-7-13)15-10-22-17(18-15)19-16(20)14-9-11(14)2/h4-7,10-11,14H,3,8-9H2,1-2H3,(H,18,19,20)/t11-,14-/m0/s1. The summed E-state index contributed by atoms with van der Waals surface area (Å²) in [5, 5.41) is 5.55. The number of benzene rings is 1. The molecule has 0 radical (unpaired) electrons. The highest BCUT2D eigenvalue weighted by Gasteiger charge is 2.39. The monoisotopic (exact) mass is 316 g/mol. The molecule has 1 N–H and O–H groups in total. The summed E-state index contributed by atoms with van der Waals surface area (Å²) in [6.45, 7) is 4.91. The van der Waals surface area contributed by atoms with E-state index in [1.807, 2.05) is 29.6 Å². The molecule has 1 aliphatic rings. The van der Waals surface area contributed by atoms with Gasteiger partial charge in [0, 0.05) is 16.9 Å². The van der Waals surface area contributed by atoms with Crippen LogP contribution in [0.4, 0.5) is 5.13 Å². The van der Waals surface area contributed by atoms with Gasteiger partial charge in [0.1, 0.15) is 5.75 Å². The van der Waals surface area contributed by atoms with E-state index in [1.54, 1.807) is 0 Å². The molecule has 1 aromatic heterocycles. The molecule has 1 aliphatic carbocycles. The van der Waals surface area contributed by atoms with Crippen LogP contribution >= 0.6 is 11.3 Å². The molecule has 1 fully saturated rings. The van der Waals surface area contributed by atoms with E-state index in [2.05, 4.69) is 24.1 Å². The van der Waals surface area contributed by atoms with Crippen molar-refractivity contribution in [3.63, 3.8) is 0 Å². The third kappa shape index (κ3) is 3.47. The Bertz CT molecular complexity index is 651. The number of nitrogens with zero attached hydrogens (tertiary/aromatic N) is 1. The lowest BCUT2D eigenvalue weighted by Gasteiger charge is -2.04. The van der Waals surface area contributed by atoms with E-state index in [9.17, 15) is 4.79 Å². The molecule has 0 spiro atoms. The van der Waals surface area contributed by atoms with Gasteiger partial charge in [-0.1, -0.05) is 13.8 Å². The lowest BCUT2D eigenvalue weighted by molar-refractivity contribution is -0.117. The molecule has 0 unspecified atom stereocenters. The Labute approximate surface area is 134 Å². The van der Waals surface area contributed by atoms with E-state index in [1.165, 1.54) is 11.3 Å². The summed E-state index contributed by atoms with van der Waals surface area (Å²) >= 11 is 1.46. The van der Waals surface area contributed by atoms with Crippen molar-refractivity contribution in [3.8, 4) is 17.0 Å². The maximum absolute atomic E-state index is 11.9. The third-order valence-electron chi connectivity index (χ3n) is 3.80. The maximum atomic E-state index is 11.9. The van der Waals surface area contributed by atoms with Gasteiger partial charge in [-0.05, 0) is 43.0 Å². The average molecular weight is 316 g/mol. The quantitative estimate of drug-likeness (QED) is 0.869. The lowest BCUT2D eigenvalue weighted by Crippen LogP contribution is -2.14. The van der Waals surface area contributed by atoms with Gasteiger partial charge in [0.25, 0.3) is 0 Å². The number of carbonyl (C=O) groups is 1. The fourth-order valence-electron chi connectivity index (χ4n) is 2.29. The zero-order valence-corrected chi connectivity index (χ0v) is 13.7. The summed E-state index contributed by atoms with van der Waals surface area (Å²) in [5.41, 5.74) is 1.91. The predicted octanol–water partition coefficient (Wildman–Crippen LogP) is 4.19. The predicted molar refractivity (Wildman–Crippen MR) is 89.2 cm³/mol. The van der Waals surface area contributed by atoms with Crippen LogP contribution < -0.4 is 10.1 Å². The van der Waals surface area contributed by atoms with Crippen molar-refractivity contribution in [2.24, 2.45) is 11.8 Å². The number of thiazole rings is 1. The molecule has 3 rings (SSSR count). The van der Waals surface area contributed by atoms with Crippen molar-refractivity contribution in [1.82, 2.24) is 4.98 Å². The Balaban J connectivity index is 1.64.